The number of ether oxygens (including phenoxy) is 1. The van der Waals surface area contributed by atoms with Gasteiger partial charge in [-0.2, -0.15) is 0 Å². The van der Waals surface area contributed by atoms with Crippen molar-refractivity contribution in [3.8, 4) is 5.75 Å². The van der Waals surface area contributed by atoms with Crippen LogP contribution in [0.25, 0.3) is 0 Å². The van der Waals surface area contributed by atoms with Crippen molar-refractivity contribution in [1.82, 2.24) is 4.90 Å². The summed E-state index contributed by atoms with van der Waals surface area (Å²) in [5, 5.41) is 9.59. The number of Topliss-reactive ketones (excluding diaryl/α,β-unsaturated/α-hetero) is 1. The molecule has 2 aliphatic rings. The minimum atomic E-state index is 0.197. The normalized spacial score (nSPS) is 22.6. The molecule has 1 aliphatic heterocycles. The molecule has 1 N–H and O–H groups in total. The standard InChI is InChI=1S/C20H26BNO3/c1-14-19(24)5-3-4-18(16-6-8-17(23)9-7-16)20(14)21-15(2)22-10-12-25-13-11-22/h6-9,18,23H,3-5,10-13H2,1-2H3. The first-order valence-electron chi connectivity index (χ1n) is 9.10. The Morgan fingerprint density at radius 1 is 1.24 bits per heavy atom. The fourth-order valence-corrected chi connectivity index (χ4v) is 3.73. The van der Waals surface area contributed by atoms with Crippen molar-refractivity contribution < 1.29 is 14.6 Å². The van der Waals surface area contributed by atoms with Crippen molar-refractivity contribution in [2.24, 2.45) is 0 Å². The number of carbonyl (C=O) groups is 1. The first-order chi connectivity index (χ1) is 12.1. The molecular weight excluding hydrogens is 313 g/mol. The molecule has 0 bridgehead atoms. The molecule has 0 spiro atoms. The molecule has 1 atom stereocenters. The van der Waals surface area contributed by atoms with Gasteiger partial charge in [0.15, 0.2) is 0 Å². The second kappa shape index (κ2) is 8.00. The van der Waals surface area contributed by atoms with Crippen LogP contribution in [-0.2, 0) is 9.53 Å². The number of nitrogens with zero attached hydrogens (tertiary/aromatic N) is 1. The molecule has 1 unspecified atom stereocenters. The zero-order valence-corrected chi connectivity index (χ0v) is 15.1. The van der Waals surface area contributed by atoms with Crippen molar-refractivity contribution >= 4 is 18.3 Å². The number of allylic oxidation sites excluding steroid dienone is 2. The van der Waals surface area contributed by atoms with Gasteiger partial charge in [0.2, 0.25) is 0 Å². The monoisotopic (exact) mass is 339 g/mol. The molecule has 0 radical (unpaired) electrons. The molecule has 5 heteroatoms. The molecule has 0 saturated carbocycles. The van der Waals surface area contributed by atoms with Gasteiger partial charge < -0.3 is 0 Å². The summed E-state index contributed by atoms with van der Waals surface area (Å²) >= 11 is 0. The summed E-state index contributed by atoms with van der Waals surface area (Å²) in [6.45, 7) is 9.57. The van der Waals surface area contributed by atoms with Gasteiger partial charge in [0, 0.05) is 0 Å². The van der Waals surface area contributed by atoms with Crippen molar-refractivity contribution in [1.29, 1.82) is 0 Å². The number of morpholine rings is 1. The number of hydrogen-bond donors (Lipinski definition) is 1. The van der Waals surface area contributed by atoms with E-state index in [0.29, 0.717) is 6.42 Å². The zero-order valence-electron chi connectivity index (χ0n) is 15.1. The van der Waals surface area contributed by atoms with Crippen LogP contribution in [0.4, 0.5) is 0 Å². The quantitative estimate of drug-likeness (QED) is 0.861. The van der Waals surface area contributed by atoms with Gasteiger partial charge in [-0.25, -0.2) is 0 Å². The SMILES string of the molecule is CC(=BC1=C(C)C(=O)CCCC1c1ccc(O)cc1)N1CCOCC1. The molecule has 25 heavy (non-hydrogen) atoms. The molecule has 0 amide bonds. The van der Waals surface area contributed by atoms with Crippen molar-refractivity contribution in [2.75, 3.05) is 26.3 Å². The summed E-state index contributed by atoms with van der Waals surface area (Å²) in [7, 11) is 0. The second-order valence-corrected chi connectivity index (χ2v) is 6.93. The summed E-state index contributed by atoms with van der Waals surface area (Å²) in [6, 6.07) is 7.41. The molecule has 1 aromatic carbocycles. The van der Waals surface area contributed by atoms with E-state index in [0.717, 1.165) is 55.8 Å². The number of phenolic OH excluding ortho intramolecular Hbond substituents is 1. The average molecular weight is 339 g/mol. The van der Waals surface area contributed by atoms with Gasteiger partial charge in [-0.1, -0.05) is 0 Å². The van der Waals surface area contributed by atoms with Crippen molar-refractivity contribution in [2.45, 2.75) is 39.0 Å². The molecule has 1 aliphatic carbocycles. The Labute approximate surface area is 150 Å². The molecule has 4 nitrogen and oxygen atoms in total. The number of hydrogen-bond acceptors (Lipinski definition) is 4. The Morgan fingerprint density at radius 2 is 1.92 bits per heavy atom. The van der Waals surface area contributed by atoms with Crippen LogP contribution in [0.15, 0.2) is 35.3 Å². The van der Waals surface area contributed by atoms with Gasteiger partial charge in [0.1, 0.15) is 0 Å². The van der Waals surface area contributed by atoms with Crippen LogP contribution in [0, 0.1) is 0 Å². The van der Waals surface area contributed by atoms with Crippen LogP contribution in [0.5, 0.6) is 5.75 Å². The van der Waals surface area contributed by atoms with Gasteiger partial charge in [-0.05, 0) is 0 Å². The van der Waals surface area contributed by atoms with Gasteiger partial charge in [0.25, 0.3) is 0 Å². The summed E-state index contributed by atoms with van der Waals surface area (Å²) in [5.41, 5.74) is 4.35. The van der Waals surface area contributed by atoms with Gasteiger partial charge >= 0.3 is 150 Å². The topological polar surface area (TPSA) is 49.8 Å². The second-order valence-electron chi connectivity index (χ2n) is 6.93. The Balaban J connectivity index is 1.97. The molecule has 1 heterocycles. The summed E-state index contributed by atoms with van der Waals surface area (Å²) < 4.78 is 5.44. The Bertz CT molecular complexity index is 687. The predicted molar refractivity (Wildman–Crippen MR) is 101 cm³/mol. The first kappa shape index (κ1) is 17.9. The van der Waals surface area contributed by atoms with E-state index in [1.165, 1.54) is 5.59 Å². The molecule has 132 valence electrons. The number of aromatic hydroxyl groups is 1. The number of rotatable bonds is 3. The Hall–Kier alpha value is -1.88. The van der Waals surface area contributed by atoms with Crippen molar-refractivity contribution in [3.05, 3.63) is 40.9 Å². The molecule has 0 aromatic heterocycles. The summed E-state index contributed by atoms with van der Waals surface area (Å²) in [5.74, 6) is 0.723. The van der Waals surface area contributed by atoms with E-state index < -0.39 is 0 Å². The Kier molecular flexibility index (Phi) is 5.74. The van der Waals surface area contributed by atoms with Crippen molar-refractivity contribution in [3.63, 3.8) is 0 Å². The van der Waals surface area contributed by atoms with Crippen LogP contribution >= 0.6 is 0 Å². The van der Waals surface area contributed by atoms with Crippen LogP contribution in [0.1, 0.15) is 44.6 Å². The third kappa shape index (κ3) is 4.21. The van der Waals surface area contributed by atoms with Gasteiger partial charge in [-0.15, -0.1) is 0 Å². The van der Waals surface area contributed by atoms with E-state index in [1.807, 2.05) is 19.1 Å². The average Bonchev–Trinajstić information content (AvgIpc) is 2.77. The summed E-state index contributed by atoms with van der Waals surface area (Å²) in [6.07, 6.45) is 2.47. The van der Waals surface area contributed by atoms with E-state index in [2.05, 4.69) is 18.7 Å². The zero-order chi connectivity index (χ0) is 17.8. The third-order valence-electron chi connectivity index (χ3n) is 5.29. The third-order valence-corrected chi connectivity index (χ3v) is 5.29. The van der Waals surface area contributed by atoms with E-state index in [4.69, 9.17) is 4.74 Å². The van der Waals surface area contributed by atoms with Gasteiger partial charge in [0.05, 0.1) is 0 Å². The van der Waals surface area contributed by atoms with Crippen LogP contribution in [-0.4, -0.2) is 54.6 Å². The van der Waals surface area contributed by atoms with Gasteiger partial charge in [-0.3, -0.25) is 0 Å². The molecule has 1 fully saturated rings. The molecular formula is C20H26BNO3. The fourth-order valence-electron chi connectivity index (χ4n) is 3.73. The maximum atomic E-state index is 12.5. The predicted octanol–water partition coefficient (Wildman–Crippen LogP) is 2.69. The number of ketones is 1. The Morgan fingerprint density at radius 3 is 2.60 bits per heavy atom. The van der Waals surface area contributed by atoms with E-state index in [-0.39, 0.29) is 17.5 Å². The number of phenols is 1. The summed E-state index contributed by atoms with van der Waals surface area (Å²) in [4.78, 5) is 14.8. The minimum absolute atomic E-state index is 0.197. The van der Waals surface area contributed by atoms with Crippen LogP contribution < -0.4 is 0 Å². The van der Waals surface area contributed by atoms with Crippen LogP contribution in [0.3, 0.4) is 0 Å². The first-order valence-corrected chi connectivity index (χ1v) is 9.10. The number of carbonyl (C=O) groups excluding carboxylic acids is 1. The van der Waals surface area contributed by atoms with E-state index in [9.17, 15) is 9.90 Å². The maximum absolute atomic E-state index is 12.5. The van der Waals surface area contributed by atoms with Crippen LogP contribution in [0.2, 0.25) is 0 Å². The van der Waals surface area contributed by atoms with E-state index >= 15 is 0 Å². The molecule has 1 saturated heterocycles. The molecule has 3 rings (SSSR count). The van der Waals surface area contributed by atoms with E-state index in [1.54, 1.807) is 12.1 Å². The molecule has 1 aromatic rings. The number of benzene rings is 1. The fraction of sp³-hybridized carbons (Fsp3) is 0.500.